The third-order valence-electron chi connectivity index (χ3n) is 4.62. The molecule has 0 spiro atoms. The number of hydrogen-bond acceptors (Lipinski definition) is 2. The first kappa shape index (κ1) is 13.5. The number of fused-ring (bicyclic) bond motifs is 1. The zero-order valence-electron chi connectivity index (χ0n) is 12.5. The number of carbonyl (C=O) groups is 1. The number of carbonyl (C=O) groups excluding carboxylic acids is 1. The van der Waals surface area contributed by atoms with E-state index in [0.29, 0.717) is 11.5 Å². The third-order valence-corrected chi connectivity index (χ3v) is 4.62. The topological polar surface area (TPSA) is 41.1 Å². The molecule has 1 aliphatic carbocycles. The van der Waals surface area contributed by atoms with E-state index in [0.717, 1.165) is 37.1 Å². The minimum Gasteiger partial charge on any atom is -0.384 e. The zero-order valence-corrected chi connectivity index (χ0v) is 12.5. The fourth-order valence-corrected chi connectivity index (χ4v) is 3.52. The van der Waals surface area contributed by atoms with E-state index in [1.165, 1.54) is 18.4 Å². The summed E-state index contributed by atoms with van der Waals surface area (Å²) < 4.78 is 0. The second-order valence-electron chi connectivity index (χ2n) is 6.98. The van der Waals surface area contributed by atoms with Crippen LogP contribution in [0.2, 0.25) is 0 Å². The van der Waals surface area contributed by atoms with Crippen molar-refractivity contribution in [2.75, 3.05) is 11.9 Å². The average Bonchev–Trinajstić information content (AvgIpc) is 2.84. The second-order valence-corrected chi connectivity index (χ2v) is 6.98. The smallest absolute Gasteiger partial charge is 0.251 e. The van der Waals surface area contributed by atoms with Crippen LogP contribution in [0.3, 0.4) is 0 Å². The summed E-state index contributed by atoms with van der Waals surface area (Å²) in [7, 11) is 0. The van der Waals surface area contributed by atoms with Gasteiger partial charge >= 0.3 is 0 Å². The van der Waals surface area contributed by atoms with Gasteiger partial charge in [-0.1, -0.05) is 26.3 Å². The molecule has 1 unspecified atom stereocenters. The van der Waals surface area contributed by atoms with E-state index < -0.39 is 0 Å². The van der Waals surface area contributed by atoms with Crippen LogP contribution in [0.5, 0.6) is 0 Å². The van der Waals surface area contributed by atoms with Crippen LogP contribution in [-0.4, -0.2) is 18.5 Å². The van der Waals surface area contributed by atoms with Crippen molar-refractivity contribution in [1.29, 1.82) is 0 Å². The highest BCUT2D eigenvalue weighted by Gasteiger charge is 2.29. The van der Waals surface area contributed by atoms with Crippen molar-refractivity contribution in [2.24, 2.45) is 5.41 Å². The van der Waals surface area contributed by atoms with Gasteiger partial charge in [-0.05, 0) is 48.8 Å². The SMILES string of the molecule is CC1(C)CCCC(NC(=O)c2ccc3c(c2)NCC3)C1. The fraction of sp³-hybridized carbons (Fsp3) is 0.588. The van der Waals surface area contributed by atoms with Crippen LogP contribution in [0, 0.1) is 5.41 Å². The zero-order chi connectivity index (χ0) is 14.2. The lowest BCUT2D eigenvalue weighted by Crippen LogP contribution is -2.40. The van der Waals surface area contributed by atoms with Gasteiger partial charge in [0.2, 0.25) is 0 Å². The highest BCUT2D eigenvalue weighted by Crippen LogP contribution is 2.35. The largest absolute Gasteiger partial charge is 0.384 e. The number of hydrogen-bond donors (Lipinski definition) is 2. The van der Waals surface area contributed by atoms with Crippen molar-refractivity contribution in [3.8, 4) is 0 Å². The number of benzene rings is 1. The van der Waals surface area contributed by atoms with Gasteiger partial charge in [-0.25, -0.2) is 0 Å². The maximum Gasteiger partial charge on any atom is 0.251 e. The molecule has 2 aliphatic rings. The summed E-state index contributed by atoms with van der Waals surface area (Å²) in [5.74, 6) is 0.0733. The third kappa shape index (κ3) is 2.82. The first-order valence-corrected chi connectivity index (χ1v) is 7.71. The Morgan fingerprint density at radius 3 is 3.05 bits per heavy atom. The molecule has 1 heterocycles. The molecule has 3 heteroatoms. The second kappa shape index (κ2) is 5.12. The van der Waals surface area contributed by atoms with Crippen molar-refractivity contribution < 1.29 is 4.79 Å². The average molecular weight is 272 g/mol. The molecule has 1 atom stereocenters. The molecule has 1 aromatic rings. The van der Waals surface area contributed by atoms with Gasteiger partial charge in [0.15, 0.2) is 0 Å². The van der Waals surface area contributed by atoms with E-state index in [9.17, 15) is 4.79 Å². The van der Waals surface area contributed by atoms with Gasteiger partial charge in [-0.3, -0.25) is 4.79 Å². The molecule has 108 valence electrons. The van der Waals surface area contributed by atoms with E-state index in [4.69, 9.17) is 0 Å². The maximum absolute atomic E-state index is 12.4. The number of amides is 1. The van der Waals surface area contributed by atoms with Crippen LogP contribution < -0.4 is 10.6 Å². The van der Waals surface area contributed by atoms with Gasteiger partial charge < -0.3 is 10.6 Å². The number of anilines is 1. The van der Waals surface area contributed by atoms with E-state index in [-0.39, 0.29) is 5.91 Å². The normalized spacial score (nSPS) is 23.8. The molecule has 1 saturated carbocycles. The first-order valence-electron chi connectivity index (χ1n) is 7.71. The van der Waals surface area contributed by atoms with Crippen molar-refractivity contribution in [3.05, 3.63) is 29.3 Å². The van der Waals surface area contributed by atoms with Gasteiger partial charge in [-0.15, -0.1) is 0 Å². The molecule has 1 aromatic carbocycles. The molecule has 3 nitrogen and oxygen atoms in total. The van der Waals surface area contributed by atoms with Gasteiger partial charge in [-0.2, -0.15) is 0 Å². The summed E-state index contributed by atoms with van der Waals surface area (Å²) in [5, 5.41) is 6.55. The monoisotopic (exact) mass is 272 g/mol. The Morgan fingerprint density at radius 1 is 1.40 bits per heavy atom. The molecule has 0 saturated heterocycles. The van der Waals surface area contributed by atoms with E-state index in [2.05, 4.69) is 30.5 Å². The number of rotatable bonds is 2. The maximum atomic E-state index is 12.4. The van der Waals surface area contributed by atoms with Gasteiger partial charge in [0, 0.05) is 23.8 Å². The molecule has 1 amide bonds. The summed E-state index contributed by atoms with van der Waals surface area (Å²) in [5.41, 5.74) is 3.58. The highest BCUT2D eigenvalue weighted by molar-refractivity contribution is 5.95. The quantitative estimate of drug-likeness (QED) is 0.867. The van der Waals surface area contributed by atoms with Crippen molar-refractivity contribution >= 4 is 11.6 Å². The Labute approximate surface area is 121 Å². The summed E-state index contributed by atoms with van der Waals surface area (Å²) >= 11 is 0. The van der Waals surface area contributed by atoms with Crippen LogP contribution in [0.4, 0.5) is 5.69 Å². The lowest BCUT2D eigenvalue weighted by molar-refractivity contribution is 0.0902. The minimum atomic E-state index is 0.0733. The van der Waals surface area contributed by atoms with Crippen LogP contribution in [0.15, 0.2) is 18.2 Å². The van der Waals surface area contributed by atoms with Crippen molar-refractivity contribution in [2.45, 2.75) is 52.0 Å². The minimum absolute atomic E-state index is 0.0733. The molecule has 2 N–H and O–H groups in total. The molecule has 1 aliphatic heterocycles. The van der Waals surface area contributed by atoms with E-state index in [1.54, 1.807) is 0 Å². The molecule has 1 fully saturated rings. The predicted molar refractivity (Wildman–Crippen MR) is 82.1 cm³/mol. The van der Waals surface area contributed by atoms with E-state index in [1.807, 2.05) is 12.1 Å². The number of nitrogens with one attached hydrogen (secondary N) is 2. The Bertz CT molecular complexity index is 522. The van der Waals surface area contributed by atoms with Gasteiger partial charge in [0.1, 0.15) is 0 Å². The lowest BCUT2D eigenvalue weighted by atomic mass is 9.75. The van der Waals surface area contributed by atoms with Crippen LogP contribution >= 0.6 is 0 Å². The van der Waals surface area contributed by atoms with Crippen molar-refractivity contribution in [3.63, 3.8) is 0 Å². The Hall–Kier alpha value is -1.51. The molecular weight excluding hydrogens is 248 g/mol. The Morgan fingerprint density at radius 2 is 2.25 bits per heavy atom. The molecule has 0 aromatic heterocycles. The molecular formula is C17H24N2O. The fourth-order valence-electron chi connectivity index (χ4n) is 3.52. The van der Waals surface area contributed by atoms with Gasteiger partial charge in [0.05, 0.1) is 0 Å². The Kier molecular flexibility index (Phi) is 3.45. The molecule has 20 heavy (non-hydrogen) atoms. The van der Waals surface area contributed by atoms with Crippen LogP contribution in [0.25, 0.3) is 0 Å². The molecule has 3 rings (SSSR count). The summed E-state index contributed by atoms with van der Waals surface area (Å²) in [6.45, 7) is 5.58. The first-order chi connectivity index (χ1) is 9.53. The molecule has 0 radical (unpaired) electrons. The van der Waals surface area contributed by atoms with Gasteiger partial charge in [0.25, 0.3) is 5.91 Å². The van der Waals surface area contributed by atoms with Crippen LogP contribution in [-0.2, 0) is 6.42 Å². The summed E-state index contributed by atoms with van der Waals surface area (Å²) in [4.78, 5) is 12.4. The highest BCUT2D eigenvalue weighted by atomic mass is 16.1. The van der Waals surface area contributed by atoms with Crippen LogP contribution in [0.1, 0.15) is 55.5 Å². The predicted octanol–water partition coefficient (Wildman–Crippen LogP) is 3.35. The Balaban J connectivity index is 1.67. The van der Waals surface area contributed by atoms with E-state index >= 15 is 0 Å². The standard InChI is InChI=1S/C17H24N2O/c1-17(2)8-3-4-14(11-17)19-16(20)13-6-5-12-7-9-18-15(12)10-13/h5-6,10,14,18H,3-4,7-9,11H2,1-2H3,(H,19,20). The summed E-state index contributed by atoms with van der Waals surface area (Å²) in [6, 6.07) is 6.35. The molecule has 0 bridgehead atoms. The van der Waals surface area contributed by atoms with Crippen molar-refractivity contribution in [1.82, 2.24) is 5.32 Å². The summed E-state index contributed by atoms with van der Waals surface area (Å²) in [6.07, 6.45) is 5.74. The lowest BCUT2D eigenvalue weighted by Gasteiger charge is -2.35.